The highest BCUT2D eigenvalue weighted by Gasteiger charge is 2.67. The molecule has 0 bridgehead atoms. The summed E-state index contributed by atoms with van der Waals surface area (Å²) < 4.78 is 29.3. The highest BCUT2D eigenvalue weighted by Crippen LogP contribution is 2.70. The maximum Gasteiger partial charge on any atom is 0.331 e. The Balaban J connectivity index is 1.01. The Kier molecular flexibility index (Phi) is 8.15. The molecule has 3 heterocycles. The molecule has 0 amide bonds. The van der Waals surface area contributed by atoms with Crippen molar-refractivity contribution in [3.05, 3.63) is 23.8 Å². The van der Waals surface area contributed by atoms with E-state index < -0.39 is 48.7 Å². The van der Waals surface area contributed by atoms with Gasteiger partial charge in [0.2, 0.25) is 0 Å². The smallest absolute Gasteiger partial charge is 0.331 e. The normalized spacial score (nSPS) is 52.9. The Bertz CT molecular complexity index is 1250. The van der Waals surface area contributed by atoms with Gasteiger partial charge in [-0.1, -0.05) is 13.8 Å². The van der Waals surface area contributed by atoms with Gasteiger partial charge in [-0.05, 0) is 118 Å². The molecule has 0 aromatic rings. The van der Waals surface area contributed by atoms with Gasteiger partial charge in [0.25, 0.3) is 0 Å². The first-order valence-electron chi connectivity index (χ1n) is 17.1. The molecule has 0 aromatic heterocycles. The lowest BCUT2D eigenvalue weighted by Gasteiger charge is -2.64. The van der Waals surface area contributed by atoms with Crippen LogP contribution in [-0.4, -0.2) is 88.5 Å². The first kappa shape index (κ1) is 31.9. The molecule has 15 atom stereocenters. The summed E-state index contributed by atoms with van der Waals surface area (Å²) in [5, 5.41) is 34.6. The molecule has 7 aliphatic rings. The minimum Gasteiger partial charge on any atom is -0.458 e. The van der Waals surface area contributed by atoms with E-state index >= 15 is 0 Å². The summed E-state index contributed by atoms with van der Waals surface area (Å²) in [7, 11) is 0. The highest BCUT2D eigenvalue weighted by atomic mass is 16.7. The predicted octanol–water partition coefficient (Wildman–Crippen LogP) is 3.35. The Morgan fingerprint density at radius 2 is 1.71 bits per heavy atom. The number of fused-ring (bicyclic) bond motifs is 5. The molecule has 3 N–H and O–H groups in total. The van der Waals surface area contributed by atoms with Gasteiger partial charge in [-0.2, -0.15) is 0 Å². The Morgan fingerprint density at radius 3 is 2.44 bits per heavy atom. The molecular weight excluding hydrogens is 580 g/mol. The van der Waals surface area contributed by atoms with Crippen molar-refractivity contribution in [2.24, 2.45) is 34.5 Å². The van der Waals surface area contributed by atoms with Crippen LogP contribution in [0, 0.1) is 34.5 Å². The molecule has 8 unspecified atom stereocenters. The van der Waals surface area contributed by atoms with E-state index in [0.29, 0.717) is 18.4 Å². The van der Waals surface area contributed by atoms with E-state index in [0.717, 1.165) is 63.4 Å². The number of aliphatic hydroxyl groups is 3. The second-order valence-electron chi connectivity index (χ2n) is 15.5. The number of carbonyl (C=O) groups excluding carboxylic acids is 2. The third-order valence-electron chi connectivity index (χ3n) is 13.5. The fraction of sp³-hybridized carbons (Fsp3) is 0.829. The molecule has 7 rings (SSSR count). The number of cyclic esters (lactones) is 1. The van der Waals surface area contributed by atoms with Crippen LogP contribution in [0.2, 0.25) is 0 Å². The molecular formula is C35H50O10. The third-order valence-corrected chi connectivity index (χ3v) is 13.5. The van der Waals surface area contributed by atoms with Crippen LogP contribution in [-0.2, 0) is 33.3 Å². The summed E-state index contributed by atoms with van der Waals surface area (Å²) >= 11 is 0. The second kappa shape index (κ2) is 11.5. The largest absolute Gasteiger partial charge is 0.458 e. The van der Waals surface area contributed by atoms with Crippen LogP contribution >= 0.6 is 0 Å². The lowest BCUT2D eigenvalue weighted by atomic mass is 9.43. The van der Waals surface area contributed by atoms with Crippen molar-refractivity contribution < 1.29 is 48.6 Å². The molecule has 4 aliphatic carbocycles. The molecule has 3 aliphatic heterocycles. The first-order chi connectivity index (χ1) is 21.3. The zero-order valence-electron chi connectivity index (χ0n) is 26.9. The standard InChI is InChI=1S/C35H50O10/c1-18-26(36)7-8-28(42-18)45-31-29(38)19(2)43-32(30(31)39)44-22-9-12-33(3)21(16-22)5-6-25-24(33)10-13-34(4)23(11-14-35(25,34)40)20-15-27(37)41-17-20/h7-8,15,18-19,21-25,28-32,38-40H,5-6,9-14,16-17H2,1-4H3/t18?,19?,21-,22-,23+,24?,25?,28-,29?,30-,31-,32?,33?,34?,35-/m0/s1. The average molecular weight is 631 g/mol. The Morgan fingerprint density at radius 1 is 0.911 bits per heavy atom. The molecule has 250 valence electrons. The minimum absolute atomic E-state index is 0.0869. The van der Waals surface area contributed by atoms with E-state index in [2.05, 4.69) is 13.8 Å². The third kappa shape index (κ3) is 5.09. The van der Waals surface area contributed by atoms with Gasteiger partial charge in [-0.15, -0.1) is 0 Å². The predicted molar refractivity (Wildman–Crippen MR) is 160 cm³/mol. The topological polar surface area (TPSA) is 141 Å². The number of hydrogen-bond acceptors (Lipinski definition) is 10. The van der Waals surface area contributed by atoms with Crippen LogP contribution in [0.5, 0.6) is 0 Å². The fourth-order valence-electron chi connectivity index (χ4n) is 10.8. The van der Waals surface area contributed by atoms with Crippen LogP contribution in [0.4, 0.5) is 0 Å². The quantitative estimate of drug-likeness (QED) is 0.306. The molecule has 5 fully saturated rings. The molecule has 10 nitrogen and oxygen atoms in total. The lowest BCUT2D eigenvalue weighted by Crippen LogP contribution is -2.63. The van der Waals surface area contributed by atoms with Crippen molar-refractivity contribution in [3.63, 3.8) is 0 Å². The monoisotopic (exact) mass is 630 g/mol. The van der Waals surface area contributed by atoms with Gasteiger partial charge in [0.05, 0.1) is 17.8 Å². The Labute approximate surface area is 265 Å². The van der Waals surface area contributed by atoms with Gasteiger partial charge < -0.3 is 39.0 Å². The van der Waals surface area contributed by atoms with E-state index in [1.54, 1.807) is 19.9 Å². The van der Waals surface area contributed by atoms with Crippen molar-refractivity contribution in [1.29, 1.82) is 0 Å². The summed E-state index contributed by atoms with van der Waals surface area (Å²) in [5.74, 6) is 0.859. The van der Waals surface area contributed by atoms with Crippen molar-refractivity contribution >= 4 is 11.8 Å². The molecule has 10 heteroatoms. The molecule has 1 saturated heterocycles. The maximum absolute atomic E-state index is 12.5. The number of ketones is 1. The van der Waals surface area contributed by atoms with E-state index in [4.69, 9.17) is 23.7 Å². The van der Waals surface area contributed by atoms with Crippen molar-refractivity contribution in [1.82, 2.24) is 0 Å². The van der Waals surface area contributed by atoms with Gasteiger partial charge in [0, 0.05) is 11.5 Å². The molecule has 45 heavy (non-hydrogen) atoms. The fourth-order valence-corrected chi connectivity index (χ4v) is 10.8. The summed E-state index contributed by atoms with van der Waals surface area (Å²) in [6.45, 7) is 8.41. The van der Waals surface area contributed by atoms with E-state index in [1.807, 2.05) is 0 Å². The van der Waals surface area contributed by atoms with Gasteiger partial charge in [-0.25, -0.2) is 4.79 Å². The Hall–Kier alpha value is -1.66. The van der Waals surface area contributed by atoms with Crippen molar-refractivity contribution in [3.8, 4) is 0 Å². The summed E-state index contributed by atoms with van der Waals surface area (Å²) in [5.41, 5.74) is 0.146. The van der Waals surface area contributed by atoms with Gasteiger partial charge in [0.15, 0.2) is 18.4 Å². The summed E-state index contributed by atoms with van der Waals surface area (Å²) in [6, 6.07) is 0. The number of hydrogen-bond donors (Lipinski definition) is 3. The van der Waals surface area contributed by atoms with E-state index in [9.17, 15) is 24.9 Å². The van der Waals surface area contributed by atoms with Crippen LogP contribution in [0.3, 0.4) is 0 Å². The SMILES string of the molecule is CC1O[C@@H](O[C@H]2C(O)C(C)OC(O[C@H]3CCC4(C)C5CCC6(C)[C@@H](C7=CC(=O)OC7)CC[C@]6(O)C5CC[C@H]4C3)[C@H]2O)C=CC1=O. The van der Waals surface area contributed by atoms with E-state index in [-0.39, 0.29) is 40.5 Å². The van der Waals surface area contributed by atoms with Crippen molar-refractivity contribution in [2.45, 2.75) is 140 Å². The summed E-state index contributed by atoms with van der Waals surface area (Å²) in [6.07, 6.45) is 6.34. The van der Waals surface area contributed by atoms with Gasteiger partial charge in [-0.3, -0.25) is 4.79 Å². The maximum atomic E-state index is 12.5. The minimum atomic E-state index is -1.23. The van der Waals surface area contributed by atoms with Gasteiger partial charge >= 0.3 is 5.97 Å². The van der Waals surface area contributed by atoms with Crippen LogP contribution in [0.1, 0.15) is 85.5 Å². The zero-order valence-corrected chi connectivity index (χ0v) is 26.9. The van der Waals surface area contributed by atoms with Gasteiger partial charge in [0.1, 0.15) is 31.0 Å². The lowest BCUT2D eigenvalue weighted by molar-refractivity contribution is -0.330. The number of aliphatic hydroxyl groups excluding tert-OH is 2. The van der Waals surface area contributed by atoms with Crippen LogP contribution in [0.15, 0.2) is 23.8 Å². The highest BCUT2D eigenvalue weighted by molar-refractivity contribution is 5.93. The van der Waals surface area contributed by atoms with Crippen molar-refractivity contribution in [2.75, 3.05) is 6.61 Å². The van der Waals surface area contributed by atoms with E-state index in [1.165, 1.54) is 12.2 Å². The molecule has 0 spiro atoms. The number of carbonyl (C=O) groups is 2. The van der Waals surface area contributed by atoms with Crippen LogP contribution in [0.25, 0.3) is 0 Å². The number of esters is 1. The molecule has 4 saturated carbocycles. The molecule has 0 aromatic carbocycles. The second-order valence-corrected chi connectivity index (χ2v) is 15.5. The molecule has 0 radical (unpaired) electrons. The first-order valence-corrected chi connectivity index (χ1v) is 17.1. The number of rotatable bonds is 5. The number of ether oxygens (including phenoxy) is 5. The van der Waals surface area contributed by atoms with Crippen LogP contribution < -0.4 is 0 Å². The zero-order chi connectivity index (χ0) is 31.9. The average Bonchev–Trinajstić information content (AvgIpc) is 3.55. The summed E-state index contributed by atoms with van der Waals surface area (Å²) in [4.78, 5) is 23.7.